The number of benzene rings is 2. The second-order valence-electron chi connectivity index (χ2n) is 10.0. The van der Waals surface area contributed by atoms with E-state index in [2.05, 4.69) is 68.7 Å². The number of aromatic nitrogens is 5. The van der Waals surface area contributed by atoms with Gasteiger partial charge in [0.15, 0.2) is 5.69 Å². The van der Waals surface area contributed by atoms with Crippen molar-refractivity contribution < 1.29 is 9.53 Å². The van der Waals surface area contributed by atoms with E-state index in [4.69, 9.17) is 21.4 Å². The monoisotopic (exact) mass is 554 g/mol. The highest BCUT2D eigenvalue weighted by atomic mass is 35.5. The van der Waals surface area contributed by atoms with E-state index in [0.717, 1.165) is 58.4 Å². The predicted molar refractivity (Wildman–Crippen MR) is 157 cm³/mol. The molecule has 1 aliphatic rings. The molecule has 0 aliphatic carbocycles. The average molecular weight is 555 g/mol. The van der Waals surface area contributed by atoms with Crippen molar-refractivity contribution in [2.75, 3.05) is 18.6 Å². The normalized spacial score (nSPS) is 13.1. The number of aryl methyl sites for hydroxylation is 3. The van der Waals surface area contributed by atoms with Crippen LogP contribution >= 0.6 is 11.6 Å². The summed E-state index contributed by atoms with van der Waals surface area (Å²) in [7, 11) is 1.37. The predicted octanol–water partition coefficient (Wildman–Crippen LogP) is 6.25. The van der Waals surface area contributed by atoms with Gasteiger partial charge in [-0.1, -0.05) is 49.7 Å². The largest absolute Gasteiger partial charge is 0.464 e. The lowest BCUT2D eigenvalue weighted by Crippen LogP contribution is -2.32. The van der Waals surface area contributed by atoms with Crippen LogP contribution in [0, 0.1) is 6.92 Å². The Morgan fingerprint density at radius 2 is 1.90 bits per heavy atom. The van der Waals surface area contributed by atoms with Gasteiger partial charge in [-0.3, -0.25) is 0 Å². The van der Waals surface area contributed by atoms with Crippen LogP contribution in [0.15, 0.2) is 48.8 Å². The minimum Gasteiger partial charge on any atom is -0.464 e. The number of nitrogens with zero attached hydrogens (tertiary/aromatic N) is 5. The summed E-state index contributed by atoms with van der Waals surface area (Å²) in [5, 5.41) is 6.98. The summed E-state index contributed by atoms with van der Waals surface area (Å²) in [4.78, 5) is 27.0. The molecule has 1 N–H and O–H groups in total. The zero-order valence-corrected chi connectivity index (χ0v) is 23.8. The van der Waals surface area contributed by atoms with Crippen molar-refractivity contribution in [2.45, 2.75) is 46.6 Å². The molecule has 6 rings (SSSR count). The molecule has 204 valence electrons. The smallest absolute Gasteiger partial charge is 0.357 e. The highest BCUT2D eigenvalue weighted by molar-refractivity contribution is 6.35. The summed E-state index contributed by atoms with van der Waals surface area (Å²) >= 11 is 6.58. The number of para-hydroxylation sites is 1. The molecular formula is C31H31ClN6O2. The van der Waals surface area contributed by atoms with Crippen LogP contribution in [-0.4, -0.2) is 44.4 Å². The standard InChI is InChI=1S/C31H31ClN6O2/c1-5-19-8-7-9-20(6-2)28(19)38-29(22-10-11-24(32)27-21(22)12-14-33-27)23-17-37(15-13-25(23)36-38)31-34-16-18(3)26(35-31)30(39)40-4/h7-12,14,16,33H,5-6,13,15,17H2,1-4H3. The third kappa shape index (κ3) is 4.23. The number of hydrogen-bond acceptors (Lipinski definition) is 6. The van der Waals surface area contributed by atoms with E-state index in [0.29, 0.717) is 29.6 Å². The fraction of sp³-hybridized carbons (Fsp3) is 0.290. The zero-order valence-electron chi connectivity index (χ0n) is 23.1. The van der Waals surface area contributed by atoms with Crippen molar-refractivity contribution >= 4 is 34.4 Å². The summed E-state index contributed by atoms with van der Waals surface area (Å²) in [6, 6.07) is 12.6. The molecule has 0 spiro atoms. The average Bonchev–Trinajstić information content (AvgIpc) is 3.62. The maximum absolute atomic E-state index is 12.4. The molecule has 40 heavy (non-hydrogen) atoms. The van der Waals surface area contributed by atoms with Gasteiger partial charge < -0.3 is 14.6 Å². The Hall–Kier alpha value is -4.17. The van der Waals surface area contributed by atoms with Crippen LogP contribution in [0.4, 0.5) is 5.95 Å². The number of H-pyrrole nitrogens is 1. The Morgan fingerprint density at radius 3 is 2.62 bits per heavy atom. The maximum Gasteiger partial charge on any atom is 0.357 e. The first kappa shape index (κ1) is 26.1. The van der Waals surface area contributed by atoms with Crippen LogP contribution in [0.1, 0.15) is 52.3 Å². The summed E-state index contributed by atoms with van der Waals surface area (Å²) in [6.45, 7) is 7.42. The highest BCUT2D eigenvalue weighted by Crippen LogP contribution is 2.40. The summed E-state index contributed by atoms with van der Waals surface area (Å²) in [5.41, 5.74) is 9.78. The third-order valence-electron chi connectivity index (χ3n) is 7.76. The molecular weight excluding hydrogens is 524 g/mol. The molecule has 0 saturated heterocycles. The molecule has 0 unspecified atom stereocenters. The van der Waals surface area contributed by atoms with E-state index in [1.54, 1.807) is 6.20 Å². The number of anilines is 1. The second-order valence-corrected chi connectivity index (χ2v) is 10.5. The first-order valence-corrected chi connectivity index (χ1v) is 14.0. The number of carbonyl (C=O) groups excluding carboxylic acids is 1. The van der Waals surface area contributed by atoms with Crippen LogP contribution in [-0.2, 0) is 30.5 Å². The van der Waals surface area contributed by atoms with E-state index in [1.165, 1.54) is 18.2 Å². The number of ether oxygens (including phenoxy) is 1. The number of nitrogens with one attached hydrogen (secondary N) is 1. The third-order valence-corrected chi connectivity index (χ3v) is 8.07. The molecule has 0 radical (unpaired) electrons. The molecule has 0 saturated carbocycles. The van der Waals surface area contributed by atoms with E-state index < -0.39 is 5.97 Å². The minimum atomic E-state index is -0.466. The SMILES string of the molecule is CCc1cccc(CC)c1-n1nc2c(c1-c1ccc(Cl)c3[nH]ccc13)CN(c1ncc(C)c(C(=O)OC)n1)CC2. The fourth-order valence-electron chi connectivity index (χ4n) is 5.69. The van der Waals surface area contributed by atoms with Crippen LogP contribution < -0.4 is 4.90 Å². The highest BCUT2D eigenvalue weighted by Gasteiger charge is 2.30. The number of aromatic amines is 1. The topological polar surface area (TPSA) is 88.9 Å². The summed E-state index contributed by atoms with van der Waals surface area (Å²) < 4.78 is 7.11. The number of halogens is 1. The zero-order chi connectivity index (χ0) is 28.0. The molecule has 0 atom stereocenters. The molecule has 3 aromatic heterocycles. The van der Waals surface area contributed by atoms with Gasteiger partial charge in [-0.05, 0) is 43.0 Å². The van der Waals surface area contributed by atoms with Gasteiger partial charge in [0, 0.05) is 54.0 Å². The molecule has 0 amide bonds. The Morgan fingerprint density at radius 1 is 1.12 bits per heavy atom. The van der Waals surface area contributed by atoms with E-state index in [-0.39, 0.29) is 5.69 Å². The number of fused-ring (bicyclic) bond motifs is 2. The molecule has 0 fully saturated rings. The summed E-state index contributed by atoms with van der Waals surface area (Å²) in [5.74, 6) is 0.0353. The summed E-state index contributed by atoms with van der Waals surface area (Å²) in [6.07, 6.45) is 6.12. The number of methoxy groups -OCH3 is 1. The quantitative estimate of drug-likeness (QED) is 0.250. The van der Waals surface area contributed by atoms with Gasteiger partial charge in [-0.15, -0.1) is 0 Å². The Balaban J connectivity index is 1.57. The number of rotatable bonds is 6. The molecule has 2 aromatic carbocycles. The van der Waals surface area contributed by atoms with E-state index in [9.17, 15) is 4.79 Å². The maximum atomic E-state index is 12.4. The molecule has 4 heterocycles. The van der Waals surface area contributed by atoms with Gasteiger partial charge in [0.25, 0.3) is 0 Å². The number of hydrogen-bond donors (Lipinski definition) is 1. The van der Waals surface area contributed by atoms with Crippen molar-refractivity contribution in [1.82, 2.24) is 24.7 Å². The van der Waals surface area contributed by atoms with E-state index >= 15 is 0 Å². The van der Waals surface area contributed by atoms with Crippen molar-refractivity contribution in [3.8, 4) is 16.9 Å². The lowest BCUT2D eigenvalue weighted by Gasteiger charge is -2.27. The van der Waals surface area contributed by atoms with Crippen LogP contribution in [0.5, 0.6) is 0 Å². The Labute approximate surface area is 238 Å². The van der Waals surface area contributed by atoms with E-state index in [1.807, 2.05) is 19.2 Å². The fourth-order valence-corrected chi connectivity index (χ4v) is 5.91. The van der Waals surface area contributed by atoms with Gasteiger partial charge in [0.2, 0.25) is 5.95 Å². The van der Waals surface area contributed by atoms with Crippen molar-refractivity contribution in [2.24, 2.45) is 0 Å². The minimum absolute atomic E-state index is 0.283. The molecule has 9 heteroatoms. The van der Waals surface area contributed by atoms with Gasteiger partial charge in [0.05, 0.1) is 34.7 Å². The lowest BCUT2D eigenvalue weighted by atomic mass is 9.97. The van der Waals surface area contributed by atoms with Crippen LogP contribution in [0.2, 0.25) is 5.02 Å². The second kappa shape index (κ2) is 10.4. The van der Waals surface area contributed by atoms with Gasteiger partial charge >= 0.3 is 5.97 Å². The van der Waals surface area contributed by atoms with Crippen molar-refractivity contribution in [3.63, 3.8) is 0 Å². The van der Waals surface area contributed by atoms with Crippen molar-refractivity contribution in [3.05, 3.63) is 87.5 Å². The van der Waals surface area contributed by atoms with Gasteiger partial charge in [-0.2, -0.15) is 5.10 Å². The molecule has 5 aromatic rings. The Kier molecular flexibility index (Phi) is 6.80. The molecule has 1 aliphatic heterocycles. The Bertz CT molecular complexity index is 1730. The molecule has 8 nitrogen and oxygen atoms in total. The molecule has 0 bridgehead atoms. The number of esters is 1. The first-order valence-electron chi connectivity index (χ1n) is 13.6. The van der Waals surface area contributed by atoms with Crippen LogP contribution in [0.25, 0.3) is 27.8 Å². The van der Waals surface area contributed by atoms with Gasteiger partial charge in [-0.25, -0.2) is 19.4 Å². The first-order chi connectivity index (χ1) is 19.4. The van der Waals surface area contributed by atoms with Crippen LogP contribution in [0.3, 0.4) is 0 Å². The van der Waals surface area contributed by atoms with Crippen molar-refractivity contribution in [1.29, 1.82) is 0 Å². The number of carbonyl (C=O) groups is 1. The lowest BCUT2D eigenvalue weighted by molar-refractivity contribution is 0.0593. The van der Waals surface area contributed by atoms with Gasteiger partial charge in [0.1, 0.15) is 0 Å².